The van der Waals surface area contributed by atoms with Crippen molar-refractivity contribution in [3.63, 3.8) is 0 Å². The number of nitrogens with zero attached hydrogens (tertiary/aromatic N) is 1. The molecule has 0 spiro atoms. The van der Waals surface area contributed by atoms with Crippen LogP contribution in [0.5, 0.6) is 0 Å². The summed E-state index contributed by atoms with van der Waals surface area (Å²) in [5.74, 6) is -0.116. The zero-order chi connectivity index (χ0) is 13.0. The van der Waals surface area contributed by atoms with Crippen LogP contribution in [0.2, 0.25) is 0 Å². The molecule has 0 aliphatic rings. The fourth-order valence-electron chi connectivity index (χ4n) is 2.03. The summed E-state index contributed by atoms with van der Waals surface area (Å²) in [6.07, 6.45) is 0. The predicted molar refractivity (Wildman–Crippen MR) is 84.3 cm³/mol. The van der Waals surface area contributed by atoms with Crippen LogP contribution in [0.15, 0.2) is 60.7 Å². The van der Waals surface area contributed by atoms with E-state index in [1.807, 2.05) is 60.7 Å². The lowest BCUT2D eigenvalue weighted by atomic mass is 9.90. The van der Waals surface area contributed by atoms with E-state index in [9.17, 15) is 4.79 Å². The first-order valence-corrected chi connectivity index (χ1v) is 6.01. The second-order valence-electron chi connectivity index (χ2n) is 4.49. The number of benzene rings is 2. The number of amides is 1. The number of rotatable bonds is 3. The summed E-state index contributed by atoms with van der Waals surface area (Å²) < 4.78 is 0. The second kappa shape index (κ2) is 8.35. The highest BCUT2D eigenvalue weighted by molar-refractivity contribution is 5.86. The van der Waals surface area contributed by atoms with Gasteiger partial charge < -0.3 is 10.4 Å². The van der Waals surface area contributed by atoms with E-state index < -0.39 is 0 Å². The smallest absolute Gasteiger partial charge is 0.234 e. The van der Waals surface area contributed by atoms with Crippen LogP contribution in [0, 0.1) is 0 Å². The summed E-state index contributed by atoms with van der Waals surface area (Å²) in [6, 6.07) is 19.8. The maximum Gasteiger partial charge on any atom is 0.234 e. The zero-order valence-corrected chi connectivity index (χ0v) is 12.4. The Morgan fingerprint density at radius 1 is 0.850 bits per heavy atom. The predicted octanol–water partition coefficient (Wildman–Crippen LogP) is 2.50. The molecule has 1 amide bonds. The third-order valence-electron chi connectivity index (χ3n) is 2.95. The molecule has 2 aromatic carbocycles. The summed E-state index contributed by atoms with van der Waals surface area (Å²) in [5.41, 5.74) is 2.06. The van der Waals surface area contributed by atoms with E-state index in [2.05, 4.69) is 0 Å². The van der Waals surface area contributed by atoms with Gasteiger partial charge in [0.1, 0.15) is 0 Å². The molecule has 0 saturated heterocycles. The van der Waals surface area contributed by atoms with Crippen LogP contribution in [0.1, 0.15) is 17.0 Å². The van der Waals surface area contributed by atoms with Gasteiger partial charge in [-0.05, 0) is 11.1 Å². The third-order valence-corrected chi connectivity index (χ3v) is 2.95. The second-order valence-corrected chi connectivity index (χ2v) is 4.49. The van der Waals surface area contributed by atoms with Crippen LogP contribution in [0.3, 0.4) is 0 Å². The van der Waals surface area contributed by atoms with E-state index in [-0.39, 0.29) is 29.7 Å². The maximum absolute atomic E-state index is 12.4. The summed E-state index contributed by atoms with van der Waals surface area (Å²) in [7, 11) is 3.59. The quantitative estimate of drug-likeness (QED) is 0.858. The van der Waals surface area contributed by atoms with Crippen molar-refractivity contribution in [1.82, 2.24) is 4.90 Å². The molecule has 0 atom stereocenters. The first-order chi connectivity index (χ1) is 8.70. The molecule has 0 radical (unpaired) electrons. The van der Waals surface area contributed by atoms with E-state index >= 15 is 0 Å². The SMILES string of the molecule is CN(C)C(=O)C(c1ccccc1)c1ccccc1.Cl.O. The number of likely N-dealkylation sites (N-methyl/N-ethyl adjacent to an activating group) is 1. The van der Waals surface area contributed by atoms with E-state index in [1.54, 1.807) is 19.0 Å². The average molecular weight is 294 g/mol. The molecule has 4 heteroatoms. The van der Waals surface area contributed by atoms with E-state index in [0.717, 1.165) is 11.1 Å². The van der Waals surface area contributed by atoms with Crippen LogP contribution < -0.4 is 0 Å². The Morgan fingerprint density at radius 2 is 1.20 bits per heavy atom. The van der Waals surface area contributed by atoms with Gasteiger partial charge >= 0.3 is 0 Å². The largest absolute Gasteiger partial charge is 0.412 e. The summed E-state index contributed by atoms with van der Waals surface area (Å²) in [6.45, 7) is 0. The van der Waals surface area contributed by atoms with Gasteiger partial charge in [-0.15, -0.1) is 12.4 Å². The minimum atomic E-state index is -0.220. The molecule has 2 N–H and O–H groups in total. The fourth-order valence-corrected chi connectivity index (χ4v) is 2.03. The van der Waals surface area contributed by atoms with E-state index in [1.165, 1.54) is 0 Å². The highest BCUT2D eigenvalue weighted by Crippen LogP contribution is 2.25. The lowest BCUT2D eigenvalue weighted by molar-refractivity contribution is -0.129. The standard InChI is InChI=1S/C16H17NO.ClH.H2O/c1-17(2)16(18)15(13-9-5-3-6-10-13)14-11-7-4-8-12-14;;/h3-12,15H,1-2H3;1H;1H2. The van der Waals surface area contributed by atoms with E-state index in [4.69, 9.17) is 0 Å². The zero-order valence-electron chi connectivity index (χ0n) is 11.6. The molecule has 2 aromatic rings. The van der Waals surface area contributed by atoms with Crippen molar-refractivity contribution in [2.45, 2.75) is 5.92 Å². The molecule has 20 heavy (non-hydrogen) atoms. The van der Waals surface area contributed by atoms with Crippen molar-refractivity contribution in [2.24, 2.45) is 0 Å². The lowest BCUT2D eigenvalue weighted by Crippen LogP contribution is -2.28. The van der Waals surface area contributed by atoms with Crippen LogP contribution >= 0.6 is 12.4 Å². The van der Waals surface area contributed by atoms with Gasteiger partial charge in [-0.25, -0.2) is 0 Å². The number of halogens is 1. The van der Waals surface area contributed by atoms with Gasteiger partial charge in [0.05, 0.1) is 5.92 Å². The summed E-state index contributed by atoms with van der Waals surface area (Å²) in [5, 5.41) is 0. The van der Waals surface area contributed by atoms with Crippen molar-refractivity contribution in [3.05, 3.63) is 71.8 Å². The molecule has 0 bridgehead atoms. The molecule has 108 valence electrons. The Balaban J connectivity index is 0.00000180. The van der Waals surface area contributed by atoms with Crippen LogP contribution in [0.25, 0.3) is 0 Å². The van der Waals surface area contributed by atoms with Gasteiger partial charge in [0, 0.05) is 14.1 Å². The van der Waals surface area contributed by atoms with E-state index in [0.29, 0.717) is 0 Å². The van der Waals surface area contributed by atoms with Gasteiger partial charge in [-0.1, -0.05) is 60.7 Å². The van der Waals surface area contributed by atoms with Crippen molar-refractivity contribution in [2.75, 3.05) is 14.1 Å². The van der Waals surface area contributed by atoms with Crippen LogP contribution in [0.4, 0.5) is 0 Å². The summed E-state index contributed by atoms with van der Waals surface area (Å²) >= 11 is 0. The molecule has 2 rings (SSSR count). The Hall–Kier alpha value is -1.84. The monoisotopic (exact) mass is 293 g/mol. The molecular weight excluding hydrogens is 274 g/mol. The van der Waals surface area contributed by atoms with Gasteiger partial charge in [0.2, 0.25) is 5.91 Å². The molecule has 0 aromatic heterocycles. The van der Waals surface area contributed by atoms with Crippen molar-refractivity contribution in [1.29, 1.82) is 0 Å². The first kappa shape index (κ1) is 18.2. The number of hydrogen-bond donors (Lipinski definition) is 0. The molecular formula is C16H20ClNO2. The Morgan fingerprint density at radius 3 is 1.50 bits per heavy atom. The molecule has 0 heterocycles. The normalized spacial score (nSPS) is 9.35. The highest BCUT2D eigenvalue weighted by Gasteiger charge is 2.23. The van der Waals surface area contributed by atoms with Gasteiger partial charge in [-0.2, -0.15) is 0 Å². The Kier molecular flexibility index (Phi) is 7.59. The van der Waals surface area contributed by atoms with Gasteiger partial charge in [0.15, 0.2) is 0 Å². The highest BCUT2D eigenvalue weighted by atomic mass is 35.5. The minimum absolute atomic E-state index is 0. The van der Waals surface area contributed by atoms with Crippen molar-refractivity contribution < 1.29 is 10.3 Å². The molecule has 0 aliphatic heterocycles. The number of carbonyl (C=O) groups excluding carboxylic acids is 1. The topological polar surface area (TPSA) is 51.8 Å². The number of hydrogen-bond acceptors (Lipinski definition) is 1. The Labute approximate surface area is 126 Å². The van der Waals surface area contributed by atoms with Gasteiger partial charge in [0.25, 0.3) is 0 Å². The molecule has 0 saturated carbocycles. The maximum atomic E-state index is 12.4. The average Bonchev–Trinajstić information content (AvgIpc) is 2.41. The third kappa shape index (κ3) is 4.08. The van der Waals surface area contributed by atoms with Crippen LogP contribution in [-0.2, 0) is 4.79 Å². The minimum Gasteiger partial charge on any atom is -0.412 e. The van der Waals surface area contributed by atoms with Crippen molar-refractivity contribution >= 4 is 18.3 Å². The lowest BCUT2D eigenvalue weighted by Gasteiger charge is -2.21. The fraction of sp³-hybridized carbons (Fsp3) is 0.188. The first-order valence-electron chi connectivity index (χ1n) is 6.01. The molecule has 0 unspecified atom stereocenters. The van der Waals surface area contributed by atoms with Gasteiger partial charge in [-0.3, -0.25) is 4.79 Å². The number of carbonyl (C=O) groups is 1. The Bertz CT molecular complexity index is 475. The molecule has 3 nitrogen and oxygen atoms in total. The van der Waals surface area contributed by atoms with Crippen LogP contribution in [-0.4, -0.2) is 30.4 Å². The summed E-state index contributed by atoms with van der Waals surface area (Å²) in [4.78, 5) is 14.0. The molecule has 0 aliphatic carbocycles. The van der Waals surface area contributed by atoms with Crippen molar-refractivity contribution in [3.8, 4) is 0 Å². The molecule has 0 fully saturated rings.